The molecular weight excluding hydrogens is 360 g/mol. The van der Waals surface area contributed by atoms with E-state index in [4.69, 9.17) is 0 Å². The minimum absolute atomic E-state index is 0.127. The predicted octanol–water partition coefficient (Wildman–Crippen LogP) is 2.04. The van der Waals surface area contributed by atoms with Crippen LogP contribution in [0.2, 0.25) is 0 Å². The smallest absolute Gasteiger partial charge is 0.207 e. The van der Waals surface area contributed by atoms with Crippen LogP contribution in [0.5, 0.6) is 0 Å². The second kappa shape index (κ2) is 6.53. The highest BCUT2D eigenvalue weighted by Gasteiger charge is 2.41. The Morgan fingerprint density at radius 2 is 1.40 bits per heavy atom. The van der Waals surface area contributed by atoms with E-state index in [9.17, 15) is 16.8 Å². The second-order valence-corrected chi connectivity index (χ2v) is 9.98. The minimum Gasteiger partial charge on any atom is -0.207 e. The Morgan fingerprint density at radius 1 is 0.840 bits per heavy atom. The van der Waals surface area contributed by atoms with Crippen LogP contribution in [0.15, 0.2) is 64.4 Å². The van der Waals surface area contributed by atoms with Crippen LogP contribution in [0.1, 0.15) is 12.5 Å². The summed E-state index contributed by atoms with van der Waals surface area (Å²) in [7, 11) is -7.48. The Kier molecular flexibility index (Phi) is 4.72. The topological polar surface area (TPSA) is 74.8 Å². The van der Waals surface area contributed by atoms with E-state index in [1.807, 2.05) is 6.92 Å². The largest absolute Gasteiger partial charge is 0.244 e. The van der Waals surface area contributed by atoms with Gasteiger partial charge < -0.3 is 0 Å². The minimum atomic E-state index is -3.74. The summed E-state index contributed by atoms with van der Waals surface area (Å²) in [5.41, 5.74) is 0.960. The number of aryl methyl sites for hydroxylation is 1. The summed E-state index contributed by atoms with van der Waals surface area (Å²) in [6.45, 7) is 3.53. The second-order valence-electron chi connectivity index (χ2n) is 6.15. The summed E-state index contributed by atoms with van der Waals surface area (Å²) in [6, 6.07) is 14.2. The monoisotopic (exact) mass is 380 g/mol. The number of hydrogen-bond acceptors (Lipinski definition) is 4. The van der Waals surface area contributed by atoms with Gasteiger partial charge >= 0.3 is 0 Å². The highest BCUT2D eigenvalue weighted by atomic mass is 32.2. The maximum atomic E-state index is 12.8. The highest BCUT2D eigenvalue weighted by Crippen LogP contribution is 2.27. The average Bonchev–Trinajstić information content (AvgIpc) is 2.99. The van der Waals surface area contributed by atoms with E-state index in [1.165, 1.54) is 20.7 Å². The molecule has 1 atom stereocenters. The molecule has 2 aromatic rings. The van der Waals surface area contributed by atoms with Crippen LogP contribution in [0, 0.1) is 6.92 Å². The van der Waals surface area contributed by atoms with Crippen molar-refractivity contribution in [1.82, 2.24) is 8.61 Å². The molecule has 1 saturated heterocycles. The normalized spacial score (nSPS) is 20.0. The molecule has 1 heterocycles. The SMILES string of the molecule is Cc1ccc(S(=O)(=O)N2CC(C)N(S(=O)(=O)c3ccccc3)C2)cc1. The first-order valence-corrected chi connectivity index (χ1v) is 10.7. The van der Waals surface area contributed by atoms with Crippen LogP contribution in [-0.2, 0) is 20.0 Å². The Balaban J connectivity index is 1.90. The number of hydrogen-bond donors (Lipinski definition) is 0. The first-order chi connectivity index (χ1) is 11.7. The van der Waals surface area contributed by atoms with Gasteiger partial charge in [0.05, 0.1) is 16.5 Å². The molecule has 3 rings (SSSR count). The van der Waals surface area contributed by atoms with E-state index in [1.54, 1.807) is 49.4 Å². The third-order valence-electron chi connectivity index (χ3n) is 4.27. The fourth-order valence-corrected chi connectivity index (χ4v) is 5.96. The van der Waals surface area contributed by atoms with Gasteiger partial charge in [-0.15, -0.1) is 0 Å². The lowest BCUT2D eigenvalue weighted by Gasteiger charge is -2.20. The number of benzene rings is 2. The molecule has 25 heavy (non-hydrogen) atoms. The molecule has 6 nitrogen and oxygen atoms in total. The van der Waals surface area contributed by atoms with Crippen molar-refractivity contribution < 1.29 is 16.8 Å². The standard InChI is InChI=1S/C17H20N2O4S2/c1-14-8-10-17(11-9-14)24(20,21)18-12-15(2)19(13-18)25(22,23)16-6-4-3-5-7-16/h3-11,15H,12-13H2,1-2H3. The zero-order valence-electron chi connectivity index (χ0n) is 14.0. The van der Waals surface area contributed by atoms with Gasteiger partial charge in [0.2, 0.25) is 20.0 Å². The predicted molar refractivity (Wildman–Crippen MR) is 94.9 cm³/mol. The zero-order chi connectivity index (χ0) is 18.2. The maximum absolute atomic E-state index is 12.8. The van der Waals surface area contributed by atoms with Crippen LogP contribution in [0.25, 0.3) is 0 Å². The number of rotatable bonds is 4. The first-order valence-electron chi connectivity index (χ1n) is 7.86. The van der Waals surface area contributed by atoms with Crippen LogP contribution in [0.4, 0.5) is 0 Å². The summed E-state index contributed by atoms with van der Waals surface area (Å²) >= 11 is 0. The summed E-state index contributed by atoms with van der Waals surface area (Å²) in [4.78, 5) is 0.334. The average molecular weight is 380 g/mol. The van der Waals surface area contributed by atoms with Gasteiger partial charge in [0.25, 0.3) is 0 Å². The zero-order valence-corrected chi connectivity index (χ0v) is 15.7. The molecule has 0 aliphatic carbocycles. The molecule has 2 aromatic carbocycles. The summed E-state index contributed by atoms with van der Waals surface area (Å²) in [5.74, 6) is 0. The molecular formula is C17H20N2O4S2. The van der Waals surface area contributed by atoms with Crippen molar-refractivity contribution >= 4 is 20.0 Å². The molecule has 0 N–H and O–H groups in total. The van der Waals surface area contributed by atoms with E-state index in [0.29, 0.717) is 0 Å². The number of nitrogens with zero attached hydrogens (tertiary/aromatic N) is 2. The van der Waals surface area contributed by atoms with Crippen LogP contribution in [0.3, 0.4) is 0 Å². The highest BCUT2D eigenvalue weighted by molar-refractivity contribution is 7.90. The van der Waals surface area contributed by atoms with E-state index < -0.39 is 26.1 Å². The lowest BCUT2D eigenvalue weighted by Crippen LogP contribution is -2.36. The van der Waals surface area contributed by atoms with Crippen molar-refractivity contribution in [3.05, 3.63) is 60.2 Å². The van der Waals surface area contributed by atoms with Crippen LogP contribution >= 0.6 is 0 Å². The van der Waals surface area contributed by atoms with Crippen molar-refractivity contribution in [3.8, 4) is 0 Å². The summed E-state index contributed by atoms with van der Waals surface area (Å²) in [6.07, 6.45) is 0. The molecule has 1 unspecified atom stereocenters. The van der Waals surface area contributed by atoms with Gasteiger partial charge in [0.1, 0.15) is 0 Å². The quantitative estimate of drug-likeness (QED) is 0.813. The van der Waals surface area contributed by atoms with E-state index in [-0.39, 0.29) is 23.0 Å². The molecule has 0 bridgehead atoms. The lowest BCUT2D eigenvalue weighted by atomic mass is 10.2. The Bertz CT molecular complexity index is 955. The van der Waals surface area contributed by atoms with Crippen molar-refractivity contribution in [3.63, 3.8) is 0 Å². The van der Waals surface area contributed by atoms with Gasteiger partial charge in [-0.05, 0) is 38.1 Å². The van der Waals surface area contributed by atoms with E-state index in [2.05, 4.69) is 0 Å². The van der Waals surface area contributed by atoms with E-state index in [0.717, 1.165) is 5.56 Å². The molecule has 0 amide bonds. The number of sulfonamides is 2. The summed E-state index contributed by atoms with van der Waals surface area (Å²) in [5, 5.41) is 0. The first kappa shape index (κ1) is 18.1. The molecule has 0 spiro atoms. The van der Waals surface area contributed by atoms with Gasteiger partial charge in [0.15, 0.2) is 0 Å². The molecule has 8 heteroatoms. The fourth-order valence-electron chi connectivity index (χ4n) is 2.81. The van der Waals surface area contributed by atoms with Crippen molar-refractivity contribution in [2.24, 2.45) is 0 Å². The van der Waals surface area contributed by atoms with Gasteiger partial charge in [-0.2, -0.15) is 8.61 Å². The van der Waals surface area contributed by atoms with Crippen LogP contribution < -0.4 is 0 Å². The van der Waals surface area contributed by atoms with Gasteiger partial charge in [-0.3, -0.25) is 0 Å². The fraction of sp³-hybridized carbons (Fsp3) is 0.294. The third kappa shape index (κ3) is 3.35. The summed E-state index contributed by atoms with van der Waals surface area (Å²) < 4.78 is 53.7. The van der Waals surface area contributed by atoms with Gasteiger partial charge in [0, 0.05) is 12.6 Å². The van der Waals surface area contributed by atoms with Gasteiger partial charge in [-0.25, -0.2) is 16.8 Å². The van der Waals surface area contributed by atoms with Crippen molar-refractivity contribution in [1.29, 1.82) is 0 Å². The van der Waals surface area contributed by atoms with Crippen LogP contribution in [-0.4, -0.2) is 44.7 Å². The maximum Gasteiger partial charge on any atom is 0.244 e. The molecule has 1 aliphatic rings. The molecule has 1 aliphatic heterocycles. The molecule has 1 fully saturated rings. The Labute approximate surface area is 148 Å². The molecule has 0 aromatic heterocycles. The van der Waals surface area contributed by atoms with Crippen molar-refractivity contribution in [2.75, 3.05) is 13.2 Å². The Morgan fingerprint density at radius 3 is 2.00 bits per heavy atom. The van der Waals surface area contributed by atoms with Gasteiger partial charge in [-0.1, -0.05) is 35.9 Å². The third-order valence-corrected chi connectivity index (χ3v) is 8.04. The Hall–Kier alpha value is -1.74. The lowest BCUT2D eigenvalue weighted by molar-refractivity contribution is 0.390. The molecule has 0 saturated carbocycles. The molecule has 0 radical (unpaired) electrons. The van der Waals surface area contributed by atoms with Crippen molar-refractivity contribution in [2.45, 2.75) is 29.7 Å². The molecule has 134 valence electrons. The van der Waals surface area contributed by atoms with E-state index >= 15 is 0 Å².